The first kappa shape index (κ1) is 13.1. The topological polar surface area (TPSA) is 68.0 Å². The zero-order valence-electron chi connectivity index (χ0n) is 11.8. The van der Waals surface area contributed by atoms with Gasteiger partial charge in [-0.05, 0) is 44.7 Å². The van der Waals surface area contributed by atoms with Crippen LogP contribution in [0.3, 0.4) is 0 Å². The summed E-state index contributed by atoms with van der Waals surface area (Å²) in [4.78, 5) is 16.9. The highest BCUT2D eigenvalue weighted by atomic mass is 16.2. The van der Waals surface area contributed by atoms with Crippen LogP contribution < -0.4 is 11.1 Å². The van der Waals surface area contributed by atoms with Gasteiger partial charge in [-0.3, -0.25) is 9.78 Å². The van der Waals surface area contributed by atoms with Crippen LogP contribution in [0.25, 0.3) is 10.9 Å². The summed E-state index contributed by atoms with van der Waals surface area (Å²) in [6, 6.07) is 9.75. The number of aromatic nitrogens is 1. The fourth-order valence-corrected chi connectivity index (χ4v) is 2.47. The highest BCUT2D eigenvalue weighted by Gasteiger charge is 2.44. The summed E-state index contributed by atoms with van der Waals surface area (Å²) < 4.78 is 0. The predicted octanol–water partition coefficient (Wildman–Crippen LogP) is 2.61. The van der Waals surface area contributed by atoms with Crippen molar-refractivity contribution in [3.8, 4) is 0 Å². The van der Waals surface area contributed by atoms with Crippen molar-refractivity contribution in [2.24, 2.45) is 11.7 Å². The second kappa shape index (κ2) is 4.56. The Bertz CT molecular complexity index is 674. The van der Waals surface area contributed by atoms with E-state index in [9.17, 15) is 4.79 Å². The molecule has 0 radical (unpaired) electrons. The summed E-state index contributed by atoms with van der Waals surface area (Å²) >= 11 is 0. The van der Waals surface area contributed by atoms with E-state index in [1.165, 1.54) is 0 Å². The van der Waals surface area contributed by atoms with E-state index in [0.29, 0.717) is 5.92 Å². The van der Waals surface area contributed by atoms with E-state index in [-0.39, 0.29) is 5.91 Å². The molecular formula is C16H19N3O. The highest BCUT2D eigenvalue weighted by molar-refractivity contribution is 6.04. The van der Waals surface area contributed by atoms with Crippen LogP contribution in [0.1, 0.15) is 25.5 Å². The third-order valence-corrected chi connectivity index (χ3v) is 4.02. The summed E-state index contributed by atoms with van der Waals surface area (Å²) in [6.07, 6.45) is 2.07. The number of pyridine rings is 1. The van der Waals surface area contributed by atoms with Crippen molar-refractivity contribution < 1.29 is 4.79 Å². The SMILES string of the molecule is Cc1ccc2cccc(NC(=O)C(C)(N)C3CC3)c2n1. The molecule has 1 atom stereocenters. The number of nitrogens with two attached hydrogens (primary N) is 1. The van der Waals surface area contributed by atoms with Gasteiger partial charge >= 0.3 is 0 Å². The number of anilines is 1. The molecular weight excluding hydrogens is 250 g/mol. The number of hydrogen-bond acceptors (Lipinski definition) is 3. The lowest BCUT2D eigenvalue weighted by Crippen LogP contribution is -2.50. The van der Waals surface area contributed by atoms with Crippen LogP contribution in [0, 0.1) is 12.8 Å². The van der Waals surface area contributed by atoms with Gasteiger partial charge in [0.05, 0.1) is 16.7 Å². The number of para-hydroxylation sites is 1. The number of aryl methyl sites for hydroxylation is 1. The van der Waals surface area contributed by atoms with Gasteiger partial charge in [0, 0.05) is 11.1 Å². The molecule has 4 heteroatoms. The fourth-order valence-electron chi connectivity index (χ4n) is 2.47. The maximum absolute atomic E-state index is 12.4. The van der Waals surface area contributed by atoms with E-state index in [1.54, 1.807) is 0 Å². The van der Waals surface area contributed by atoms with Gasteiger partial charge < -0.3 is 11.1 Å². The number of fused-ring (bicyclic) bond motifs is 1. The highest BCUT2D eigenvalue weighted by Crippen LogP contribution is 2.38. The van der Waals surface area contributed by atoms with Gasteiger partial charge in [-0.1, -0.05) is 18.2 Å². The van der Waals surface area contributed by atoms with Crippen LogP contribution in [0.4, 0.5) is 5.69 Å². The van der Waals surface area contributed by atoms with E-state index < -0.39 is 5.54 Å². The zero-order valence-corrected chi connectivity index (χ0v) is 11.8. The second-order valence-corrected chi connectivity index (χ2v) is 5.84. The fraction of sp³-hybridized carbons (Fsp3) is 0.375. The van der Waals surface area contributed by atoms with Crippen molar-refractivity contribution in [3.05, 3.63) is 36.0 Å². The molecule has 1 heterocycles. The van der Waals surface area contributed by atoms with E-state index >= 15 is 0 Å². The smallest absolute Gasteiger partial charge is 0.244 e. The molecule has 1 aromatic heterocycles. The predicted molar refractivity (Wildman–Crippen MR) is 80.4 cm³/mol. The maximum atomic E-state index is 12.4. The van der Waals surface area contributed by atoms with Crippen molar-refractivity contribution in [3.63, 3.8) is 0 Å². The summed E-state index contributed by atoms with van der Waals surface area (Å²) in [5.41, 5.74) is 7.83. The third kappa shape index (κ3) is 2.27. The summed E-state index contributed by atoms with van der Waals surface area (Å²) in [5.74, 6) is 0.169. The van der Waals surface area contributed by atoms with Crippen molar-refractivity contribution in [1.82, 2.24) is 4.98 Å². The largest absolute Gasteiger partial charge is 0.323 e. The van der Waals surface area contributed by atoms with E-state index in [4.69, 9.17) is 5.73 Å². The van der Waals surface area contributed by atoms with E-state index in [2.05, 4.69) is 10.3 Å². The Kier molecular flexibility index (Phi) is 2.98. The lowest BCUT2D eigenvalue weighted by atomic mass is 9.96. The molecule has 1 unspecified atom stereocenters. The molecule has 0 aliphatic heterocycles. The number of nitrogens with zero attached hydrogens (tertiary/aromatic N) is 1. The Morgan fingerprint density at radius 3 is 2.80 bits per heavy atom. The molecule has 20 heavy (non-hydrogen) atoms. The summed E-state index contributed by atoms with van der Waals surface area (Å²) in [5, 5.41) is 3.96. The Morgan fingerprint density at radius 1 is 1.35 bits per heavy atom. The molecule has 1 fully saturated rings. The molecule has 2 aromatic rings. The lowest BCUT2D eigenvalue weighted by Gasteiger charge is -2.23. The molecule has 0 saturated heterocycles. The molecule has 1 saturated carbocycles. The van der Waals surface area contributed by atoms with Gasteiger partial charge in [0.2, 0.25) is 5.91 Å². The quantitative estimate of drug-likeness (QED) is 0.900. The van der Waals surface area contributed by atoms with Crippen LogP contribution in [0.5, 0.6) is 0 Å². The Balaban J connectivity index is 1.94. The van der Waals surface area contributed by atoms with Crippen molar-refractivity contribution in [2.45, 2.75) is 32.2 Å². The number of nitrogens with one attached hydrogen (secondary N) is 1. The van der Waals surface area contributed by atoms with Gasteiger partial charge in [0.25, 0.3) is 0 Å². The minimum absolute atomic E-state index is 0.129. The molecule has 1 amide bonds. The molecule has 0 bridgehead atoms. The zero-order chi connectivity index (χ0) is 14.3. The van der Waals surface area contributed by atoms with Gasteiger partial charge in [-0.2, -0.15) is 0 Å². The third-order valence-electron chi connectivity index (χ3n) is 4.02. The molecule has 104 valence electrons. The summed E-state index contributed by atoms with van der Waals surface area (Å²) in [6.45, 7) is 3.75. The number of hydrogen-bond donors (Lipinski definition) is 2. The lowest BCUT2D eigenvalue weighted by molar-refractivity contribution is -0.121. The van der Waals surface area contributed by atoms with E-state index in [0.717, 1.165) is 35.1 Å². The molecule has 1 aromatic carbocycles. The molecule has 4 nitrogen and oxygen atoms in total. The first-order valence-electron chi connectivity index (χ1n) is 6.95. The second-order valence-electron chi connectivity index (χ2n) is 5.84. The number of carbonyl (C=O) groups is 1. The number of benzene rings is 1. The van der Waals surface area contributed by atoms with Gasteiger partial charge in [-0.25, -0.2) is 0 Å². The molecule has 3 rings (SSSR count). The van der Waals surface area contributed by atoms with Gasteiger partial charge in [0.1, 0.15) is 0 Å². The molecule has 1 aliphatic carbocycles. The number of rotatable bonds is 3. The number of carbonyl (C=O) groups excluding carboxylic acids is 1. The minimum atomic E-state index is -0.800. The van der Waals surface area contributed by atoms with Crippen LogP contribution in [-0.2, 0) is 4.79 Å². The average molecular weight is 269 g/mol. The number of amides is 1. The molecule has 0 spiro atoms. The van der Waals surface area contributed by atoms with Gasteiger partial charge in [-0.15, -0.1) is 0 Å². The monoisotopic (exact) mass is 269 g/mol. The first-order chi connectivity index (χ1) is 9.48. The van der Waals surface area contributed by atoms with Gasteiger partial charge in [0.15, 0.2) is 0 Å². The normalized spacial score (nSPS) is 17.8. The Hall–Kier alpha value is -1.94. The summed E-state index contributed by atoms with van der Waals surface area (Å²) in [7, 11) is 0. The van der Waals surface area contributed by atoms with Crippen LogP contribution >= 0.6 is 0 Å². The van der Waals surface area contributed by atoms with Crippen molar-refractivity contribution in [1.29, 1.82) is 0 Å². The molecule has 3 N–H and O–H groups in total. The van der Waals surface area contributed by atoms with Crippen LogP contribution in [0.2, 0.25) is 0 Å². The van der Waals surface area contributed by atoms with Crippen LogP contribution in [-0.4, -0.2) is 16.4 Å². The van der Waals surface area contributed by atoms with Crippen molar-refractivity contribution >= 4 is 22.5 Å². The standard InChI is InChI=1S/C16H19N3O/c1-10-6-7-11-4-3-5-13(14(11)18-10)19-15(20)16(2,17)12-8-9-12/h3-7,12H,8-9,17H2,1-2H3,(H,19,20). The van der Waals surface area contributed by atoms with E-state index in [1.807, 2.05) is 44.2 Å². The van der Waals surface area contributed by atoms with Crippen LogP contribution in [0.15, 0.2) is 30.3 Å². The Morgan fingerprint density at radius 2 is 2.10 bits per heavy atom. The average Bonchev–Trinajstić information content (AvgIpc) is 3.24. The maximum Gasteiger partial charge on any atom is 0.244 e. The minimum Gasteiger partial charge on any atom is -0.323 e. The van der Waals surface area contributed by atoms with Crippen molar-refractivity contribution in [2.75, 3.05) is 5.32 Å². The first-order valence-corrected chi connectivity index (χ1v) is 6.95. The Labute approximate surface area is 118 Å². The molecule has 1 aliphatic rings.